The van der Waals surface area contributed by atoms with Crippen LogP contribution in [-0.4, -0.2) is 68.1 Å². The predicted molar refractivity (Wildman–Crippen MR) is 112 cm³/mol. The van der Waals surface area contributed by atoms with Crippen molar-refractivity contribution in [3.63, 3.8) is 0 Å². The van der Waals surface area contributed by atoms with Crippen LogP contribution in [0.2, 0.25) is 5.02 Å². The number of carbonyl (C=O) groups is 1. The number of anilines is 1. The third-order valence-corrected chi connectivity index (χ3v) is 8.49. The van der Waals surface area contributed by atoms with Crippen molar-refractivity contribution >= 4 is 50.0 Å². The van der Waals surface area contributed by atoms with Gasteiger partial charge in [-0.25, -0.2) is 8.42 Å². The largest absolute Gasteiger partial charge is 0.376 e. The Morgan fingerprint density at radius 2 is 2.25 bits per heavy atom. The smallest absolute Gasteiger partial charge is 0.240 e. The second-order valence-electron chi connectivity index (χ2n) is 7.22. The van der Waals surface area contributed by atoms with Crippen LogP contribution >= 0.6 is 23.4 Å². The average molecular weight is 444 g/mol. The number of nitrogens with one attached hydrogen (secondary N) is 1. The number of ether oxygens (including phenoxy) is 1. The number of thioether (sulfide) groups is 1. The molecular weight excluding hydrogens is 422 g/mol. The number of carbonyl (C=O) groups excluding carboxylic acids is 1. The summed E-state index contributed by atoms with van der Waals surface area (Å²) in [5, 5.41) is 4.07. The number of fused-ring (bicyclic) bond motifs is 1. The molecule has 2 saturated heterocycles. The van der Waals surface area contributed by atoms with Gasteiger partial charge in [-0.1, -0.05) is 29.4 Å². The van der Waals surface area contributed by atoms with Crippen LogP contribution in [0.15, 0.2) is 29.3 Å². The topological polar surface area (TPSA) is 88.1 Å². The van der Waals surface area contributed by atoms with Gasteiger partial charge in [0.2, 0.25) is 5.91 Å². The molecule has 0 saturated carbocycles. The fraction of sp³-hybridized carbons (Fsp3) is 0.556. The van der Waals surface area contributed by atoms with Crippen LogP contribution in [0, 0.1) is 0 Å². The molecule has 3 aliphatic heterocycles. The molecule has 3 atom stereocenters. The van der Waals surface area contributed by atoms with E-state index in [4.69, 9.17) is 16.3 Å². The summed E-state index contributed by atoms with van der Waals surface area (Å²) in [4.78, 5) is 19.0. The lowest BCUT2D eigenvalue weighted by Crippen LogP contribution is -2.42. The Morgan fingerprint density at radius 3 is 2.96 bits per heavy atom. The molecule has 0 aromatic heterocycles. The zero-order valence-electron chi connectivity index (χ0n) is 15.2. The molecule has 3 aliphatic rings. The fourth-order valence-corrected chi connectivity index (χ4v) is 7.58. The molecule has 152 valence electrons. The van der Waals surface area contributed by atoms with Crippen LogP contribution in [0.3, 0.4) is 0 Å². The van der Waals surface area contributed by atoms with Crippen molar-refractivity contribution in [2.75, 3.05) is 36.1 Å². The number of nitrogens with zero attached hydrogens (tertiary/aromatic N) is 2. The summed E-state index contributed by atoms with van der Waals surface area (Å²) in [5.41, 5.74) is 0.758. The van der Waals surface area contributed by atoms with Gasteiger partial charge in [0.15, 0.2) is 15.0 Å². The summed E-state index contributed by atoms with van der Waals surface area (Å²) in [6.45, 7) is 1.32. The van der Waals surface area contributed by atoms with Gasteiger partial charge in [-0.2, -0.15) is 0 Å². The molecule has 0 unspecified atom stereocenters. The highest BCUT2D eigenvalue weighted by Gasteiger charge is 2.44. The molecule has 2 fully saturated rings. The SMILES string of the molecule is O=C(CN(C1=N[C@@H]2CS(=O)(=O)C[C@H]2S1)c1cccc(Cl)c1)NC[C@@H]1CCCO1. The highest BCUT2D eigenvalue weighted by atomic mass is 35.5. The molecule has 1 amide bonds. The van der Waals surface area contributed by atoms with Gasteiger partial charge in [0.1, 0.15) is 6.54 Å². The number of halogens is 1. The molecule has 0 radical (unpaired) electrons. The highest BCUT2D eigenvalue weighted by molar-refractivity contribution is 8.15. The van der Waals surface area contributed by atoms with Gasteiger partial charge in [0, 0.05) is 29.1 Å². The number of rotatable bonds is 5. The van der Waals surface area contributed by atoms with Crippen molar-refractivity contribution in [3.8, 4) is 0 Å². The maximum Gasteiger partial charge on any atom is 0.240 e. The minimum Gasteiger partial charge on any atom is -0.376 e. The summed E-state index contributed by atoms with van der Waals surface area (Å²) in [6, 6.07) is 6.99. The summed E-state index contributed by atoms with van der Waals surface area (Å²) in [5.74, 6) is 0.0654. The lowest BCUT2D eigenvalue weighted by atomic mass is 10.2. The first-order valence-electron chi connectivity index (χ1n) is 9.26. The van der Waals surface area contributed by atoms with E-state index >= 15 is 0 Å². The Hall–Kier alpha value is -1.29. The number of hydrogen-bond acceptors (Lipinski definition) is 7. The lowest BCUT2D eigenvalue weighted by molar-refractivity contribution is -0.120. The minimum absolute atomic E-state index is 0.0722. The van der Waals surface area contributed by atoms with Crippen LogP contribution in [-0.2, 0) is 19.4 Å². The number of aliphatic imine (C=N–C) groups is 1. The van der Waals surface area contributed by atoms with E-state index in [0.29, 0.717) is 16.7 Å². The van der Waals surface area contributed by atoms with Gasteiger partial charge in [0.25, 0.3) is 0 Å². The Labute approximate surface area is 173 Å². The lowest BCUT2D eigenvalue weighted by Gasteiger charge is -2.24. The van der Waals surface area contributed by atoms with E-state index in [2.05, 4.69) is 10.3 Å². The van der Waals surface area contributed by atoms with Gasteiger partial charge in [-0.3, -0.25) is 9.79 Å². The standard InChI is InChI=1S/C18H22ClN3O4S2/c19-12-3-1-4-13(7-12)22(9-17(23)20-8-14-5-2-6-26-14)18-21-15-10-28(24,25)11-16(15)27-18/h1,3-4,7,14-16H,2,5-6,8-11H2,(H,20,23)/t14-,15+,16+/m0/s1. The van der Waals surface area contributed by atoms with E-state index in [1.807, 2.05) is 17.0 Å². The molecule has 1 aromatic carbocycles. The van der Waals surface area contributed by atoms with Gasteiger partial charge < -0.3 is 15.0 Å². The minimum atomic E-state index is -3.03. The molecule has 0 aliphatic carbocycles. The van der Waals surface area contributed by atoms with Crippen LogP contribution in [0.25, 0.3) is 0 Å². The quantitative estimate of drug-likeness (QED) is 0.745. The van der Waals surface area contributed by atoms with Crippen molar-refractivity contribution in [1.82, 2.24) is 5.32 Å². The van der Waals surface area contributed by atoms with E-state index in [0.717, 1.165) is 25.1 Å². The summed E-state index contributed by atoms with van der Waals surface area (Å²) >= 11 is 7.57. The summed E-state index contributed by atoms with van der Waals surface area (Å²) in [6.07, 6.45) is 2.05. The Balaban J connectivity index is 1.49. The number of amides is 1. The zero-order chi connectivity index (χ0) is 19.7. The normalized spacial score (nSPS) is 28.0. The number of sulfone groups is 1. The monoisotopic (exact) mass is 443 g/mol. The molecule has 28 heavy (non-hydrogen) atoms. The van der Waals surface area contributed by atoms with Gasteiger partial charge in [-0.15, -0.1) is 0 Å². The second kappa shape index (κ2) is 8.22. The Morgan fingerprint density at radius 1 is 1.39 bits per heavy atom. The van der Waals surface area contributed by atoms with Crippen LogP contribution in [0.4, 0.5) is 5.69 Å². The molecule has 1 aromatic rings. The van der Waals surface area contributed by atoms with E-state index < -0.39 is 9.84 Å². The summed E-state index contributed by atoms with van der Waals surface area (Å²) in [7, 11) is -3.03. The Kier molecular flexibility index (Phi) is 5.87. The zero-order valence-corrected chi connectivity index (χ0v) is 17.6. The predicted octanol–water partition coefficient (Wildman–Crippen LogP) is 1.71. The van der Waals surface area contributed by atoms with Crippen LogP contribution < -0.4 is 10.2 Å². The molecular formula is C18H22ClN3O4S2. The van der Waals surface area contributed by atoms with E-state index in [1.54, 1.807) is 12.1 Å². The van der Waals surface area contributed by atoms with Crippen LogP contribution in [0.5, 0.6) is 0 Å². The summed E-state index contributed by atoms with van der Waals surface area (Å²) < 4.78 is 29.2. The third kappa shape index (κ3) is 4.64. The van der Waals surface area contributed by atoms with E-state index in [1.165, 1.54) is 11.8 Å². The molecule has 4 rings (SSSR count). The molecule has 10 heteroatoms. The van der Waals surface area contributed by atoms with E-state index in [9.17, 15) is 13.2 Å². The van der Waals surface area contributed by atoms with Crippen LogP contribution in [0.1, 0.15) is 12.8 Å². The molecule has 0 spiro atoms. The van der Waals surface area contributed by atoms with Crippen molar-refractivity contribution in [1.29, 1.82) is 0 Å². The fourth-order valence-electron chi connectivity index (χ4n) is 3.62. The molecule has 0 bridgehead atoms. The molecule has 3 heterocycles. The average Bonchev–Trinajstić information content (AvgIpc) is 3.32. The third-order valence-electron chi connectivity index (χ3n) is 5.01. The van der Waals surface area contributed by atoms with Crippen molar-refractivity contribution < 1.29 is 17.9 Å². The first-order chi connectivity index (χ1) is 13.4. The van der Waals surface area contributed by atoms with Gasteiger partial charge in [-0.05, 0) is 31.0 Å². The van der Waals surface area contributed by atoms with Crippen molar-refractivity contribution in [2.24, 2.45) is 4.99 Å². The number of amidine groups is 1. The van der Waals surface area contributed by atoms with Gasteiger partial charge >= 0.3 is 0 Å². The maximum atomic E-state index is 12.6. The first-order valence-corrected chi connectivity index (χ1v) is 12.3. The molecule has 1 N–H and O–H groups in total. The first kappa shape index (κ1) is 20.0. The van der Waals surface area contributed by atoms with Crippen molar-refractivity contribution in [3.05, 3.63) is 29.3 Å². The highest BCUT2D eigenvalue weighted by Crippen LogP contribution is 2.37. The van der Waals surface area contributed by atoms with Gasteiger partial charge in [0.05, 0.1) is 23.7 Å². The van der Waals surface area contributed by atoms with E-state index in [-0.39, 0.29) is 41.4 Å². The second-order valence-corrected chi connectivity index (χ2v) is 11.0. The maximum absolute atomic E-state index is 12.6. The number of benzene rings is 1. The molecule has 7 nitrogen and oxygen atoms in total. The Bertz CT molecular complexity index is 887. The number of hydrogen-bond donors (Lipinski definition) is 1. The van der Waals surface area contributed by atoms with Crippen molar-refractivity contribution in [2.45, 2.75) is 30.2 Å².